The SMILES string of the molecule is C[C@@H](OC(=O)c1cc(S(=O)(=O)N(C)C)ccc1Cl)C(=O)Nc1cc([N+](=O)[O-])ccc1Cl. The maximum atomic E-state index is 12.5. The first-order chi connectivity index (χ1) is 14.3. The van der Waals surface area contributed by atoms with Crippen molar-refractivity contribution < 1.29 is 27.7 Å². The van der Waals surface area contributed by atoms with Crippen LogP contribution in [0.2, 0.25) is 10.0 Å². The highest BCUT2D eigenvalue weighted by atomic mass is 35.5. The molecule has 0 unspecified atom stereocenters. The van der Waals surface area contributed by atoms with Crippen LogP contribution in [-0.4, -0.2) is 49.7 Å². The number of nitrogens with one attached hydrogen (secondary N) is 1. The van der Waals surface area contributed by atoms with Crippen LogP contribution in [0.25, 0.3) is 0 Å². The van der Waals surface area contributed by atoms with Gasteiger partial charge in [0, 0.05) is 26.2 Å². The lowest BCUT2D eigenvalue weighted by molar-refractivity contribution is -0.384. The number of nitro groups is 1. The second-order valence-electron chi connectivity index (χ2n) is 6.39. The zero-order chi connectivity index (χ0) is 23.5. The fourth-order valence-electron chi connectivity index (χ4n) is 2.27. The molecule has 0 heterocycles. The summed E-state index contributed by atoms with van der Waals surface area (Å²) in [6, 6.07) is 6.96. The van der Waals surface area contributed by atoms with Gasteiger partial charge in [0.2, 0.25) is 10.0 Å². The molecule has 31 heavy (non-hydrogen) atoms. The fraction of sp³-hybridized carbons (Fsp3) is 0.222. The number of carbonyl (C=O) groups is 2. The van der Waals surface area contributed by atoms with Crippen molar-refractivity contribution in [1.29, 1.82) is 0 Å². The second kappa shape index (κ2) is 9.60. The number of rotatable bonds is 7. The predicted molar refractivity (Wildman–Crippen MR) is 114 cm³/mol. The van der Waals surface area contributed by atoms with Gasteiger partial charge in [-0.05, 0) is 31.2 Å². The number of non-ortho nitro benzene ring substituents is 1. The Bertz CT molecular complexity index is 1150. The summed E-state index contributed by atoms with van der Waals surface area (Å²) in [7, 11) is -1.18. The number of amides is 1. The summed E-state index contributed by atoms with van der Waals surface area (Å²) in [5, 5.41) is 13.2. The van der Waals surface area contributed by atoms with E-state index in [9.17, 15) is 28.1 Å². The number of nitro benzene ring substituents is 1. The third-order valence-electron chi connectivity index (χ3n) is 4.01. The molecular formula is C18H17Cl2N3O7S. The number of ether oxygens (including phenoxy) is 1. The molecule has 0 spiro atoms. The van der Waals surface area contributed by atoms with E-state index < -0.39 is 32.9 Å². The first kappa shape index (κ1) is 24.5. The minimum absolute atomic E-state index is 0.0409. The third-order valence-corrected chi connectivity index (χ3v) is 6.48. The highest BCUT2D eigenvalue weighted by Crippen LogP contribution is 2.27. The van der Waals surface area contributed by atoms with E-state index >= 15 is 0 Å². The van der Waals surface area contributed by atoms with E-state index in [0.717, 1.165) is 22.5 Å². The predicted octanol–water partition coefficient (Wildman–Crippen LogP) is 3.34. The smallest absolute Gasteiger partial charge is 0.340 e. The Balaban J connectivity index is 2.20. The average Bonchev–Trinajstić information content (AvgIpc) is 2.69. The van der Waals surface area contributed by atoms with E-state index in [2.05, 4.69) is 5.32 Å². The number of benzene rings is 2. The number of esters is 1. The Labute approximate surface area is 187 Å². The summed E-state index contributed by atoms with van der Waals surface area (Å²) < 4.78 is 30.6. The molecule has 0 radical (unpaired) electrons. The van der Waals surface area contributed by atoms with Crippen molar-refractivity contribution in [3.8, 4) is 0 Å². The fourth-order valence-corrected chi connectivity index (χ4v) is 3.55. The van der Waals surface area contributed by atoms with E-state index in [1.54, 1.807) is 0 Å². The van der Waals surface area contributed by atoms with Gasteiger partial charge in [0.25, 0.3) is 11.6 Å². The molecule has 10 nitrogen and oxygen atoms in total. The van der Waals surface area contributed by atoms with Gasteiger partial charge in [0.1, 0.15) is 0 Å². The maximum Gasteiger partial charge on any atom is 0.340 e. The van der Waals surface area contributed by atoms with Gasteiger partial charge in [-0.25, -0.2) is 17.5 Å². The lowest BCUT2D eigenvalue weighted by Crippen LogP contribution is -2.30. The lowest BCUT2D eigenvalue weighted by Gasteiger charge is -2.16. The summed E-state index contributed by atoms with van der Waals surface area (Å²) in [6.45, 7) is 1.26. The highest BCUT2D eigenvalue weighted by Gasteiger charge is 2.25. The standard InChI is InChI=1S/C18H17Cl2N3O7S/c1-10(17(24)21-16-8-11(23(26)27)4-6-15(16)20)30-18(25)13-9-12(5-7-14(13)19)31(28,29)22(2)3/h4-10H,1-3H3,(H,21,24)/t10-/m1/s1. The van der Waals surface area contributed by atoms with Crippen LogP contribution in [0.5, 0.6) is 0 Å². The maximum absolute atomic E-state index is 12.5. The largest absolute Gasteiger partial charge is 0.449 e. The quantitative estimate of drug-likeness (QED) is 0.357. The van der Waals surface area contributed by atoms with Gasteiger partial charge in [-0.2, -0.15) is 0 Å². The number of hydrogen-bond donors (Lipinski definition) is 1. The monoisotopic (exact) mass is 489 g/mol. The minimum Gasteiger partial charge on any atom is -0.449 e. The summed E-state index contributed by atoms with van der Waals surface area (Å²) in [4.78, 5) is 34.9. The van der Waals surface area contributed by atoms with E-state index in [-0.39, 0.29) is 31.9 Å². The van der Waals surface area contributed by atoms with Gasteiger partial charge < -0.3 is 10.1 Å². The molecular weight excluding hydrogens is 473 g/mol. The van der Waals surface area contributed by atoms with Crippen LogP contribution in [-0.2, 0) is 19.6 Å². The molecule has 0 bridgehead atoms. The minimum atomic E-state index is -3.83. The topological polar surface area (TPSA) is 136 Å². The zero-order valence-electron chi connectivity index (χ0n) is 16.5. The first-order valence-electron chi connectivity index (χ1n) is 8.52. The van der Waals surface area contributed by atoms with Gasteiger partial charge >= 0.3 is 5.97 Å². The number of carbonyl (C=O) groups excluding carboxylic acids is 2. The Morgan fingerprint density at radius 3 is 2.32 bits per heavy atom. The first-order valence-corrected chi connectivity index (χ1v) is 10.7. The molecule has 2 aromatic carbocycles. The Hall–Kier alpha value is -2.73. The van der Waals surface area contributed by atoms with Crippen LogP contribution >= 0.6 is 23.2 Å². The van der Waals surface area contributed by atoms with Gasteiger partial charge in [-0.1, -0.05) is 23.2 Å². The van der Waals surface area contributed by atoms with E-state index in [4.69, 9.17) is 27.9 Å². The average molecular weight is 490 g/mol. The molecule has 2 rings (SSSR count). The molecule has 0 saturated heterocycles. The van der Waals surface area contributed by atoms with Crippen molar-refractivity contribution >= 4 is 56.5 Å². The zero-order valence-corrected chi connectivity index (χ0v) is 18.8. The normalized spacial score (nSPS) is 12.3. The van der Waals surface area contributed by atoms with Crippen LogP contribution in [0.4, 0.5) is 11.4 Å². The molecule has 0 saturated carbocycles. The van der Waals surface area contributed by atoms with E-state index in [1.165, 1.54) is 39.2 Å². The third kappa shape index (κ3) is 5.70. The molecule has 0 fully saturated rings. The number of nitrogens with zero attached hydrogens (tertiary/aromatic N) is 2. The molecule has 1 atom stereocenters. The number of halogens is 2. The molecule has 0 aromatic heterocycles. The van der Waals surface area contributed by atoms with Crippen LogP contribution < -0.4 is 5.32 Å². The molecule has 0 aliphatic carbocycles. The summed E-state index contributed by atoms with van der Waals surface area (Å²) in [6.07, 6.45) is -1.35. The van der Waals surface area contributed by atoms with Gasteiger partial charge in [-0.15, -0.1) is 0 Å². The number of sulfonamides is 1. The van der Waals surface area contributed by atoms with Crippen LogP contribution in [0.3, 0.4) is 0 Å². The molecule has 2 aromatic rings. The Morgan fingerprint density at radius 1 is 1.13 bits per heavy atom. The molecule has 0 aliphatic rings. The molecule has 1 N–H and O–H groups in total. The highest BCUT2D eigenvalue weighted by molar-refractivity contribution is 7.89. The van der Waals surface area contributed by atoms with Crippen molar-refractivity contribution in [1.82, 2.24) is 4.31 Å². The molecule has 0 aliphatic heterocycles. The van der Waals surface area contributed by atoms with Crippen molar-refractivity contribution in [3.05, 3.63) is 62.1 Å². The van der Waals surface area contributed by atoms with Crippen LogP contribution in [0.15, 0.2) is 41.3 Å². The summed E-state index contributed by atoms with van der Waals surface area (Å²) in [5.74, 6) is -1.85. The van der Waals surface area contributed by atoms with Crippen LogP contribution in [0.1, 0.15) is 17.3 Å². The van der Waals surface area contributed by atoms with Crippen molar-refractivity contribution in [2.24, 2.45) is 0 Å². The molecule has 166 valence electrons. The molecule has 1 amide bonds. The number of anilines is 1. The van der Waals surface area contributed by atoms with E-state index in [0.29, 0.717) is 0 Å². The summed E-state index contributed by atoms with van der Waals surface area (Å²) >= 11 is 11.9. The van der Waals surface area contributed by atoms with E-state index in [1.807, 2.05) is 0 Å². The second-order valence-corrected chi connectivity index (χ2v) is 9.35. The number of hydrogen-bond acceptors (Lipinski definition) is 7. The van der Waals surface area contributed by atoms with Gasteiger partial charge in [-0.3, -0.25) is 14.9 Å². The van der Waals surface area contributed by atoms with Gasteiger partial charge in [0.15, 0.2) is 6.10 Å². The van der Waals surface area contributed by atoms with Crippen molar-refractivity contribution in [2.75, 3.05) is 19.4 Å². The van der Waals surface area contributed by atoms with Gasteiger partial charge in [0.05, 0.1) is 31.1 Å². The van der Waals surface area contributed by atoms with Crippen LogP contribution in [0, 0.1) is 10.1 Å². The van der Waals surface area contributed by atoms with Crippen molar-refractivity contribution in [3.63, 3.8) is 0 Å². The lowest BCUT2D eigenvalue weighted by atomic mass is 10.2. The Kier molecular flexibility index (Phi) is 7.60. The van der Waals surface area contributed by atoms with Crippen molar-refractivity contribution in [2.45, 2.75) is 17.9 Å². The summed E-state index contributed by atoms with van der Waals surface area (Å²) in [5.41, 5.74) is -0.589. The molecule has 13 heteroatoms. The Morgan fingerprint density at radius 2 is 1.74 bits per heavy atom.